The van der Waals surface area contributed by atoms with E-state index in [-0.39, 0.29) is 10.6 Å². The van der Waals surface area contributed by atoms with Crippen LogP contribution in [0.1, 0.15) is 16.7 Å². The van der Waals surface area contributed by atoms with Gasteiger partial charge in [-0.25, -0.2) is 8.42 Å². The Morgan fingerprint density at radius 2 is 1.73 bits per heavy atom. The molecule has 170 valence electrons. The first-order valence-electron chi connectivity index (χ1n) is 9.75. The average molecular weight is 485 g/mol. The van der Waals surface area contributed by atoms with Crippen LogP contribution in [0, 0.1) is 24.0 Å². The third-order valence-electron chi connectivity index (χ3n) is 4.58. The van der Waals surface area contributed by atoms with Gasteiger partial charge in [0.25, 0.3) is 15.7 Å². The van der Waals surface area contributed by atoms with E-state index in [4.69, 9.17) is 11.6 Å². The Hall–Kier alpha value is -3.69. The molecule has 0 aliphatic carbocycles. The molecule has 3 rings (SSSR count). The predicted octanol–water partition coefficient (Wildman–Crippen LogP) is 5.69. The fourth-order valence-electron chi connectivity index (χ4n) is 2.97. The number of rotatable bonds is 8. The Kier molecular flexibility index (Phi) is 7.47. The number of anilines is 2. The van der Waals surface area contributed by atoms with Crippen molar-refractivity contribution in [3.8, 4) is 0 Å². The molecule has 0 amide bonds. The maximum Gasteiger partial charge on any atom is 0.295 e. The first-order chi connectivity index (χ1) is 15.7. The number of hydrazone groups is 1. The normalized spacial score (nSPS) is 12.0. The minimum absolute atomic E-state index is 0.0193. The summed E-state index contributed by atoms with van der Waals surface area (Å²) in [6.45, 7) is 3.67. The minimum atomic E-state index is -4.04. The molecule has 0 radical (unpaired) electrons. The Morgan fingerprint density at radius 1 is 1.03 bits per heavy atom. The van der Waals surface area contributed by atoms with Crippen molar-refractivity contribution in [2.75, 3.05) is 10.1 Å². The van der Waals surface area contributed by atoms with E-state index in [1.165, 1.54) is 18.3 Å². The first kappa shape index (κ1) is 24.0. The number of nitrogens with zero attached hydrogens (tertiary/aromatic N) is 2. The van der Waals surface area contributed by atoms with E-state index in [0.717, 1.165) is 22.8 Å². The van der Waals surface area contributed by atoms with Crippen molar-refractivity contribution in [1.29, 1.82) is 0 Å². The van der Waals surface area contributed by atoms with Gasteiger partial charge in [-0.2, -0.15) is 5.10 Å². The molecule has 0 heterocycles. The predicted molar refractivity (Wildman–Crippen MR) is 132 cm³/mol. The summed E-state index contributed by atoms with van der Waals surface area (Å²) in [7, 11) is -4.04. The molecule has 0 saturated heterocycles. The first-order valence-corrected chi connectivity index (χ1v) is 11.6. The summed E-state index contributed by atoms with van der Waals surface area (Å²) in [5, 5.41) is 15.8. The van der Waals surface area contributed by atoms with Gasteiger partial charge in [0.05, 0.1) is 26.8 Å². The maximum atomic E-state index is 12.8. The molecule has 0 atom stereocenters. The zero-order chi connectivity index (χ0) is 24.0. The van der Waals surface area contributed by atoms with Crippen LogP contribution in [0.5, 0.6) is 0 Å². The monoisotopic (exact) mass is 484 g/mol. The number of nitrogens with one attached hydrogen (secondary N) is 2. The number of benzene rings is 3. The van der Waals surface area contributed by atoms with Crippen molar-refractivity contribution >= 4 is 51.0 Å². The van der Waals surface area contributed by atoms with Gasteiger partial charge in [0.1, 0.15) is 5.69 Å². The summed E-state index contributed by atoms with van der Waals surface area (Å²) in [6, 6.07) is 18.1. The summed E-state index contributed by atoms with van der Waals surface area (Å²) in [4.78, 5) is 10.6. The highest BCUT2D eigenvalue weighted by Crippen LogP contribution is 2.29. The number of aryl methyl sites for hydroxylation is 2. The van der Waals surface area contributed by atoms with Crippen molar-refractivity contribution in [3.63, 3.8) is 0 Å². The second-order valence-corrected chi connectivity index (χ2v) is 9.29. The topological polar surface area (TPSA) is 114 Å². The van der Waals surface area contributed by atoms with Crippen molar-refractivity contribution in [2.45, 2.75) is 18.7 Å². The third kappa shape index (κ3) is 6.41. The van der Waals surface area contributed by atoms with Crippen LogP contribution in [-0.4, -0.2) is 19.6 Å². The fraction of sp³-hybridized carbons (Fsp3) is 0.0870. The Labute approximate surface area is 196 Å². The van der Waals surface area contributed by atoms with Gasteiger partial charge in [-0.1, -0.05) is 59.6 Å². The fourth-order valence-corrected chi connectivity index (χ4v) is 4.29. The molecule has 3 aromatic carbocycles. The Morgan fingerprint density at radius 3 is 2.39 bits per heavy atom. The zero-order valence-corrected chi connectivity index (χ0v) is 19.4. The molecule has 2 N–H and O–H groups in total. The largest absolute Gasteiger partial charge is 0.295 e. The molecule has 0 bridgehead atoms. The lowest BCUT2D eigenvalue weighted by atomic mass is 10.1. The SMILES string of the molecule is Cc1ccc(NS(=O)(=O)c2ccc(NN=CC(Cl)=Cc3ccccc3)c([N+](=O)[O-])c2)c(C)c1. The van der Waals surface area contributed by atoms with Crippen LogP contribution in [0.2, 0.25) is 0 Å². The molecule has 0 spiro atoms. The smallest absolute Gasteiger partial charge is 0.279 e. The van der Waals surface area contributed by atoms with Crippen molar-refractivity contribution < 1.29 is 13.3 Å². The molecule has 8 nitrogen and oxygen atoms in total. The van der Waals surface area contributed by atoms with E-state index in [0.29, 0.717) is 10.7 Å². The Balaban J connectivity index is 1.81. The average Bonchev–Trinajstić information content (AvgIpc) is 2.76. The molecule has 0 aliphatic heterocycles. The number of hydrogen-bond donors (Lipinski definition) is 2. The van der Waals surface area contributed by atoms with Gasteiger partial charge < -0.3 is 0 Å². The number of allylic oxidation sites excluding steroid dienone is 1. The van der Waals surface area contributed by atoms with E-state index in [2.05, 4.69) is 15.2 Å². The standard InChI is InChI=1S/C23H21ClN4O4S/c1-16-8-10-21(17(2)12-16)27-33(31,32)20-9-11-22(23(14-20)28(29)30)26-25-15-19(24)13-18-6-4-3-5-7-18/h3-15,26-27H,1-2H3. The van der Waals surface area contributed by atoms with Crippen molar-refractivity contribution in [3.05, 3.63) is 98.6 Å². The van der Waals surface area contributed by atoms with Crippen molar-refractivity contribution in [1.82, 2.24) is 0 Å². The molecule has 0 saturated carbocycles. The second-order valence-electron chi connectivity index (χ2n) is 7.17. The van der Waals surface area contributed by atoms with Gasteiger partial charge >= 0.3 is 0 Å². The highest BCUT2D eigenvalue weighted by atomic mass is 35.5. The molecule has 3 aromatic rings. The lowest BCUT2D eigenvalue weighted by molar-refractivity contribution is -0.384. The van der Waals surface area contributed by atoms with Crippen LogP contribution >= 0.6 is 11.6 Å². The van der Waals surface area contributed by atoms with Crippen LogP contribution in [0.25, 0.3) is 6.08 Å². The number of sulfonamides is 1. The molecule has 0 fully saturated rings. The van der Waals surface area contributed by atoms with E-state index in [9.17, 15) is 18.5 Å². The van der Waals surface area contributed by atoms with E-state index in [1.807, 2.05) is 43.3 Å². The zero-order valence-electron chi connectivity index (χ0n) is 17.8. The highest BCUT2D eigenvalue weighted by Gasteiger charge is 2.22. The van der Waals surface area contributed by atoms with Crippen LogP contribution in [0.3, 0.4) is 0 Å². The third-order valence-corrected chi connectivity index (χ3v) is 6.15. The number of nitro benzene ring substituents is 1. The lowest BCUT2D eigenvalue weighted by Gasteiger charge is -2.12. The van der Waals surface area contributed by atoms with E-state index in [1.54, 1.807) is 25.1 Å². The van der Waals surface area contributed by atoms with E-state index < -0.39 is 20.6 Å². The lowest BCUT2D eigenvalue weighted by Crippen LogP contribution is -2.14. The number of halogens is 1. The molecule has 0 aliphatic rings. The molecule has 0 aromatic heterocycles. The summed E-state index contributed by atoms with van der Waals surface area (Å²) in [5.74, 6) is 0. The van der Waals surface area contributed by atoms with Gasteiger partial charge in [-0.3, -0.25) is 20.3 Å². The van der Waals surface area contributed by atoms with Gasteiger partial charge in [0.2, 0.25) is 0 Å². The number of nitro groups is 1. The van der Waals surface area contributed by atoms with Crippen LogP contribution < -0.4 is 10.1 Å². The molecular weight excluding hydrogens is 464 g/mol. The quantitative estimate of drug-likeness (QED) is 0.242. The minimum Gasteiger partial charge on any atom is -0.279 e. The van der Waals surface area contributed by atoms with Gasteiger partial charge in [-0.15, -0.1) is 0 Å². The molecule has 10 heteroatoms. The summed E-state index contributed by atoms with van der Waals surface area (Å²) in [6.07, 6.45) is 2.97. The van der Waals surface area contributed by atoms with Gasteiger partial charge in [0, 0.05) is 6.07 Å². The highest BCUT2D eigenvalue weighted by molar-refractivity contribution is 7.92. The number of hydrogen-bond acceptors (Lipinski definition) is 6. The van der Waals surface area contributed by atoms with E-state index >= 15 is 0 Å². The van der Waals surface area contributed by atoms with Gasteiger partial charge in [0.15, 0.2) is 0 Å². The van der Waals surface area contributed by atoms with Crippen molar-refractivity contribution in [2.24, 2.45) is 5.10 Å². The van der Waals surface area contributed by atoms with Crippen LogP contribution in [-0.2, 0) is 10.0 Å². The Bertz CT molecular complexity index is 1340. The van der Waals surface area contributed by atoms with Crippen LogP contribution in [0.15, 0.2) is 81.8 Å². The summed E-state index contributed by atoms with van der Waals surface area (Å²) >= 11 is 6.12. The maximum absolute atomic E-state index is 12.8. The summed E-state index contributed by atoms with van der Waals surface area (Å²) in [5.41, 5.74) is 5.10. The van der Waals surface area contributed by atoms with Gasteiger partial charge in [-0.05, 0) is 49.2 Å². The second kappa shape index (κ2) is 10.3. The van der Waals surface area contributed by atoms with Crippen LogP contribution in [0.4, 0.5) is 17.1 Å². The molecular formula is C23H21ClN4O4S. The molecule has 33 heavy (non-hydrogen) atoms. The summed E-state index contributed by atoms with van der Waals surface area (Å²) < 4.78 is 28.1. The molecule has 0 unspecified atom stereocenters.